The molecular formula is C8H6F3NO. The lowest BCUT2D eigenvalue weighted by Gasteiger charge is -2.06. The molecule has 0 N–H and O–H groups in total. The molecule has 0 saturated carbocycles. The third-order valence-electron chi connectivity index (χ3n) is 1.84. The maximum atomic E-state index is 12.1. The molecule has 13 heavy (non-hydrogen) atoms. The topological polar surface area (TPSA) is 22.1 Å². The number of halogens is 3. The van der Waals surface area contributed by atoms with E-state index < -0.39 is 11.9 Å². The van der Waals surface area contributed by atoms with Crippen LogP contribution in [0.4, 0.5) is 13.2 Å². The second-order valence-corrected chi connectivity index (χ2v) is 2.76. The Kier molecular flexibility index (Phi) is 1.68. The Morgan fingerprint density at radius 3 is 2.77 bits per heavy atom. The van der Waals surface area contributed by atoms with Crippen molar-refractivity contribution in [2.45, 2.75) is 12.6 Å². The van der Waals surface area contributed by atoms with Gasteiger partial charge in [0.25, 0.3) is 0 Å². The summed E-state index contributed by atoms with van der Waals surface area (Å²) in [6, 6.07) is 2.39. The molecule has 0 aliphatic carbocycles. The highest BCUT2D eigenvalue weighted by molar-refractivity contribution is 5.32. The van der Waals surface area contributed by atoms with Crippen LogP contribution in [-0.2, 0) is 12.6 Å². The van der Waals surface area contributed by atoms with E-state index in [-0.39, 0.29) is 5.88 Å². The first kappa shape index (κ1) is 8.34. The van der Waals surface area contributed by atoms with E-state index >= 15 is 0 Å². The van der Waals surface area contributed by atoms with E-state index in [1.165, 1.54) is 6.07 Å². The van der Waals surface area contributed by atoms with Gasteiger partial charge in [0.2, 0.25) is 5.88 Å². The monoisotopic (exact) mass is 189 g/mol. The largest absolute Gasteiger partial charge is 0.477 e. The van der Waals surface area contributed by atoms with Crippen LogP contribution >= 0.6 is 0 Å². The minimum Gasteiger partial charge on any atom is -0.477 e. The Labute approximate surface area is 72.4 Å². The number of fused-ring (bicyclic) bond motifs is 1. The fraction of sp³-hybridized carbons (Fsp3) is 0.375. The van der Waals surface area contributed by atoms with Gasteiger partial charge in [0, 0.05) is 12.0 Å². The number of ether oxygens (including phenoxy) is 1. The summed E-state index contributed by atoms with van der Waals surface area (Å²) in [4.78, 5) is 3.38. The van der Waals surface area contributed by atoms with Gasteiger partial charge in [-0.3, -0.25) is 0 Å². The minimum atomic E-state index is -4.39. The Bertz CT molecular complexity index is 335. The molecule has 0 atom stereocenters. The molecule has 1 aliphatic rings. The summed E-state index contributed by atoms with van der Waals surface area (Å²) in [7, 11) is 0. The van der Waals surface area contributed by atoms with Gasteiger partial charge in [0.1, 0.15) is 5.69 Å². The summed E-state index contributed by atoms with van der Waals surface area (Å²) in [5, 5.41) is 0. The molecule has 1 aromatic heterocycles. The number of alkyl halides is 3. The summed E-state index contributed by atoms with van der Waals surface area (Å²) in [5.74, 6) is 0.120. The lowest BCUT2D eigenvalue weighted by atomic mass is 10.2. The third-order valence-corrected chi connectivity index (χ3v) is 1.84. The summed E-state index contributed by atoms with van der Waals surface area (Å²) < 4.78 is 41.3. The second-order valence-electron chi connectivity index (χ2n) is 2.76. The van der Waals surface area contributed by atoms with E-state index in [9.17, 15) is 13.2 Å². The van der Waals surface area contributed by atoms with Gasteiger partial charge in [0.05, 0.1) is 6.61 Å². The van der Waals surface area contributed by atoms with Crippen LogP contribution in [0.25, 0.3) is 0 Å². The van der Waals surface area contributed by atoms with Gasteiger partial charge >= 0.3 is 6.18 Å². The maximum Gasteiger partial charge on any atom is 0.433 e. The van der Waals surface area contributed by atoms with Crippen molar-refractivity contribution >= 4 is 0 Å². The van der Waals surface area contributed by atoms with Crippen LogP contribution in [0, 0.1) is 0 Å². The van der Waals surface area contributed by atoms with E-state index in [1.54, 1.807) is 0 Å². The van der Waals surface area contributed by atoms with Crippen LogP contribution in [0.5, 0.6) is 5.88 Å². The lowest BCUT2D eigenvalue weighted by Crippen LogP contribution is -2.08. The summed E-state index contributed by atoms with van der Waals surface area (Å²) in [6.45, 7) is 0.420. The lowest BCUT2D eigenvalue weighted by molar-refractivity contribution is -0.141. The molecule has 70 valence electrons. The molecule has 0 amide bonds. The molecule has 0 unspecified atom stereocenters. The number of aromatic nitrogens is 1. The zero-order chi connectivity index (χ0) is 9.47. The van der Waals surface area contributed by atoms with Gasteiger partial charge in [0.15, 0.2) is 0 Å². The van der Waals surface area contributed by atoms with Crippen LogP contribution in [-0.4, -0.2) is 11.6 Å². The van der Waals surface area contributed by atoms with Gasteiger partial charge in [-0.15, -0.1) is 0 Å². The van der Waals surface area contributed by atoms with Crippen molar-refractivity contribution in [3.8, 4) is 5.88 Å². The average Bonchev–Trinajstić information content (AvgIpc) is 2.47. The molecule has 2 nitrogen and oxygen atoms in total. The zero-order valence-corrected chi connectivity index (χ0v) is 6.56. The van der Waals surface area contributed by atoms with E-state index in [4.69, 9.17) is 4.74 Å². The number of hydrogen-bond acceptors (Lipinski definition) is 2. The number of nitrogens with zero attached hydrogens (tertiary/aromatic N) is 1. The molecule has 0 bridgehead atoms. The summed E-state index contributed by atoms with van der Waals surface area (Å²) in [5.41, 5.74) is -0.152. The Balaban J connectivity index is 2.42. The Morgan fingerprint density at radius 1 is 1.31 bits per heavy atom. The average molecular weight is 189 g/mol. The minimum absolute atomic E-state index is 0.120. The zero-order valence-electron chi connectivity index (χ0n) is 6.56. The van der Waals surface area contributed by atoms with Crippen molar-refractivity contribution in [1.29, 1.82) is 0 Å². The third kappa shape index (κ3) is 1.46. The van der Waals surface area contributed by atoms with E-state index in [2.05, 4.69) is 4.98 Å². The normalized spacial score (nSPS) is 15.3. The van der Waals surface area contributed by atoms with Crippen molar-refractivity contribution in [2.24, 2.45) is 0 Å². The standard InChI is InChI=1S/C8H6F3NO/c9-8(10,11)6-2-1-5-3-4-13-7(5)12-6/h1-2H,3-4H2. The van der Waals surface area contributed by atoms with Gasteiger partial charge in [-0.1, -0.05) is 6.07 Å². The SMILES string of the molecule is FC(F)(F)c1ccc2c(n1)OCC2. The highest BCUT2D eigenvalue weighted by Gasteiger charge is 2.33. The van der Waals surface area contributed by atoms with Crippen molar-refractivity contribution in [3.63, 3.8) is 0 Å². The molecule has 0 saturated heterocycles. The van der Waals surface area contributed by atoms with Crippen LogP contribution < -0.4 is 4.74 Å². The number of hydrogen-bond donors (Lipinski definition) is 0. The molecule has 1 aliphatic heterocycles. The quantitative estimate of drug-likeness (QED) is 0.623. The smallest absolute Gasteiger partial charge is 0.433 e. The maximum absolute atomic E-state index is 12.1. The predicted molar refractivity (Wildman–Crippen MR) is 38.4 cm³/mol. The molecule has 0 fully saturated rings. The van der Waals surface area contributed by atoms with Crippen molar-refractivity contribution < 1.29 is 17.9 Å². The van der Waals surface area contributed by atoms with Gasteiger partial charge in [-0.2, -0.15) is 13.2 Å². The molecule has 5 heteroatoms. The van der Waals surface area contributed by atoms with Crippen molar-refractivity contribution in [3.05, 3.63) is 23.4 Å². The van der Waals surface area contributed by atoms with E-state index in [1.807, 2.05) is 0 Å². The number of rotatable bonds is 0. The Morgan fingerprint density at radius 2 is 2.08 bits per heavy atom. The molecule has 0 aromatic carbocycles. The van der Waals surface area contributed by atoms with Crippen LogP contribution in [0.3, 0.4) is 0 Å². The first-order valence-electron chi connectivity index (χ1n) is 3.77. The first-order chi connectivity index (χ1) is 6.07. The fourth-order valence-corrected chi connectivity index (χ4v) is 1.20. The van der Waals surface area contributed by atoms with E-state index in [0.29, 0.717) is 13.0 Å². The predicted octanol–water partition coefficient (Wildman–Crippen LogP) is 2.04. The fourth-order valence-electron chi connectivity index (χ4n) is 1.20. The molecule has 0 radical (unpaired) electrons. The highest BCUT2D eigenvalue weighted by atomic mass is 19.4. The summed E-state index contributed by atoms with van der Waals surface area (Å²) >= 11 is 0. The molecule has 2 rings (SSSR count). The van der Waals surface area contributed by atoms with Crippen LogP contribution in [0.1, 0.15) is 11.3 Å². The molecule has 2 heterocycles. The molecular weight excluding hydrogens is 183 g/mol. The first-order valence-corrected chi connectivity index (χ1v) is 3.77. The van der Waals surface area contributed by atoms with Crippen LogP contribution in [0.15, 0.2) is 12.1 Å². The summed E-state index contributed by atoms with van der Waals surface area (Å²) in [6.07, 6.45) is -3.75. The highest BCUT2D eigenvalue weighted by Crippen LogP contribution is 2.31. The molecule has 0 spiro atoms. The van der Waals surface area contributed by atoms with E-state index in [0.717, 1.165) is 11.6 Å². The van der Waals surface area contributed by atoms with Crippen LogP contribution in [0.2, 0.25) is 0 Å². The Hall–Kier alpha value is -1.26. The number of pyridine rings is 1. The van der Waals surface area contributed by atoms with Crippen molar-refractivity contribution in [1.82, 2.24) is 4.98 Å². The van der Waals surface area contributed by atoms with Gasteiger partial charge in [-0.05, 0) is 6.07 Å². The molecule has 1 aromatic rings. The van der Waals surface area contributed by atoms with Crippen molar-refractivity contribution in [2.75, 3.05) is 6.61 Å². The van der Waals surface area contributed by atoms with Gasteiger partial charge in [-0.25, -0.2) is 4.98 Å². The van der Waals surface area contributed by atoms with Gasteiger partial charge < -0.3 is 4.74 Å². The second kappa shape index (κ2) is 2.61.